The number of hydrogen-bond donors (Lipinski definition) is 0. The van der Waals surface area contributed by atoms with Gasteiger partial charge in [-0.25, -0.2) is 9.48 Å². The fourth-order valence-electron chi connectivity index (χ4n) is 2.78. The lowest BCUT2D eigenvalue weighted by Crippen LogP contribution is -2.13. The summed E-state index contributed by atoms with van der Waals surface area (Å²) in [5.74, 6) is -0.830. The maximum atomic E-state index is 12.2. The van der Waals surface area contributed by atoms with Crippen molar-refractivity contribution in [2.75, 3.05) is 6.61 Å². The Balaban J connectivity index is 1.52. The molecule has 3 aromatic rings. The third-order valence-electron chi connectivity index (χ3n) is 4.16. The molecular weight excluding hydrogens is 354 g/mol. The number of carbonyl (C=O) groups is 2. The summed E-state index contributed by atoms with van der Waals surface area (Å²) in [7, 11) is 0. The van der Waals surface area contributed by atoms with Crippen molar-refractivity contribution in [3.63, 3.8) is 0 Å². The van der Waals surface area contributed by atoms with Gasteiger partial charge in [0.2, 0.25) is 5.78 Å². The van der Waals surface area contributed by atoms with Crippen LogP contribution in [0.5, 0.6) is 0 Å². The minimum absolute atomic E-state index is 0.229. The van der Waals surface area contributed by atoms with Gasteiger partial charge in [-0.2, -0.15) is 0 Å². The maximum absolute atomic E-state index is 12.2. The molecule has 0 aliphatic carbocycles. The zero-order valence-corrected chi connectivity index (χ0v) is 15.8. The highest BCUT2D eigenvalue weighted by molar-refractivity contribution is 6.00. The van der Waals surface area contributed by atoms with Gasteiger partial charge in [0, 0.05) is 11.6 Å². The van der Waals surface area contributed by atoms with Crippen LogP contribution in [0.1, 0.15) is 32.7 Å². The van der Waals surface area contributed by atoms with Crippen LogP contribution in [0, 0.1) is 13.8 Å². The zero-order valence-electron chi connectivity index (χ0n) is 15.8. The van der Waals surface area contributed by atoms with Crippen LogP contribution in [0.15, 0.2) is 60.8 Å². The summed E-state index contributed by atoms with van der Waals surface area (Å²) in [4.78, 5) is 24.1. The van der Waals surface area contributed by atoms with Gasteiger partial charge >= 0.3 is 5.97 Å². The van der Waals surface area contributed by atoms with Crippen LogP contribution < -0.4 is 0 Å². The van der Waals surface area contributed by atoms with Crippen molar-refractivity contribution in [1.82, 2.24) is 15.0 Å². The van der Waals surface area contributed by atoms with Crippen molar-refractivity contribution in [2.24, 2.45) is 0 Å². The molecule has 3 rings (SSSR count). The summed E-state index contributed by atoms with van der Waals surface area (Å²) in [6.07, 6.45) is 4.49. The zero-order chi connectivity index (χ0) is 19.9. The van der Waals surface area contributed by atoms with E-state index in [9.17, 15) is 9.59 Å². The van der Waals surface area contributed by atoms with Crippen LogP contribution in [0.25, 0.3) is 6.08 Å². The fraction of sp³-hybridized carbons (Fsp3) is 0.182. The molecular formula is C22H21N3O3. The van der Waals surface area contributed by atoms with E-state index in [0.717, 1.165) is 16.7 Å². The first-order chi connectivity index (χ1) is 13.5. The third kappa shape index (κ3) is 5.23. The lowest BCUT2D eigenvalue weighted by molar-refractivity contribution is -0.136. The predicted octanol–water partition coefficient (Wildman–Crippen LogP) is 3.38. The number of aryl methyl sites for hydroxylation is 2. The molecule has 0 spiro atoms. The predicted molar refractivity (Wildman–Crippen MR) is 106 cm³/mol. The number of aromatic nitrogens is 3. The lowest BCUT2D eigenvalue weighted by atomic mass is 10.0. The topological polar surface area (TPSA) is 74.1 Å². The summed E-state index contributed by atoms with van der Waals surface area (Å²) in [6, 6.07) is 15.4. The monoisotopic (exact) mass is 375 g/mol. The van der Waals surface area contributed by atoms with Gasteiger partial charge in [-0.1, -0.05) is 59.3 Å². The lowest BCUT2D eigenvalue weighted by Gasteiger charge is -2.06. The minimum atomic E-state index is -0.601. The molecule has 6 heteroatoms. The molecule has 142 valence electrons. The first kappa shape index (κ1) is 19.2. The van der Waals surface area contributed by atoms with E-state index in [1.165, 1.54) is 12.2 Å². The Morgan fingerprint density at radius 2 is 1.89 bits per heavy atom. The molecule has 0 saturated carbocycles. The van der Waals surface area contributed by atoms with Crippen LogP contribution in [-0.2, 0) is 16.1 Å². The Hall–Kier alpha value is -3.54. The average Bonchev–Trinajstić information content (AvgIpc) is 3.12. The Morgan fingerprint density at radius 3 is 2.64 bits per heavy atom. The largest absolute Gasteiger partial charge is 0.454 e. The maximum Gasteiger partial charge on any atom is 0.331 e. The highest BCUT2D eigenvalue weighted by Crippen LogP contribution is 2.11. The number of ether oxygens (including phenoxy) is 1. The quantitative estimate of drug-likeness (QED) is 0.360. The van der Waals surface area contributed by atoms with Crippen molar-refractivity contribution in [3.8, 4) is 0 Å². The van der Waals surface area contributed by atoms with Gasteiger partial charge in [0.15, 0.2) is 6.61 Å². The van der Waals surface area contributed by atoms with Gasteiger partial charge in [-0.3, -0.25) is 4.79 Å². The minimum Gasteiger partial charge on any atom is -0.454 e. The SMILES string of the molecule is Cc1ccc(C(=O)COC(=O)/C=C/c2cn(Cc3ccccc3)nn2)c(C)c1. The van der Waals surface area contributed by atoms with Crippen molar-refractivity contribution < 1.29 is 14.3 Å². The second kappa shape index (κ2) is 8.90. The van der Waals surface area contributed by atoms with Gasteiger partial charge in [-0.15, -0.1) is 5.10 Å². The molecule has 1 aromatic heterocycles. The number of esters is 1. The van der Waals surface area contributed by atoms with Crippen LogP contribution in [0.4, 0.5) is 0 Å². The molecule has 6 nitrogen and oxygen atoms in total. The molecule has 0 saturated heterocycles. The van der Waals surface area contributed by atoms with Crippen LogP contribution in [0.2, 0.25) is 0 Å². The van der Waals surface area contributed by atoms with Crippen molar-refractivity contribution >= 4 is 17.8 Å². The Morgan fingerprint density at radius 1 is 1.11 bits per heavy atom. The number of rotatable bonds is 7. The van der Waals surface area contributed by atoms with Crippen LogP contribution in [0.3, 0.4) is 0 Å². The molecule has 1 heterocycles. The third-order valence-corrected chi connectivity index (χ3v) is 4.16. The van der Waals surface area contributed by atoms with Crippen molar-refractivity contribution in [1.29, 1.82) is 0 Å². The van der Waals surface area contributed by atoms with E-state index >= 15 is 0 Å². The smallest absolute Gasteiger partial charge is 0.331 e. The molecule has 0 fully saturated rings. The molecule has 0 aliphatic rings. The summed E-state index contributed by atoms with van der Waals surface area (Å²) in [5, 5.41) is 8.03. The molecule has 0 amide bonds. The van der Waals surface area contributed by atoms with E-state index in [0.29, 0.717) is 17.8 Å². The first-order valence-corrected chi connectivity index (χ1v) is 8.90. The summed E-state index contributed by atoms with van der Waals surface area (Å²) >= 11 is 0. The molecule has 0 radical (unpaired) electrons. The number of nitrogens with zero attached hydrogens (tertiary/aromatic N) is 3. The summed E-state index contributed by atoms with van der Waals surface area (Å²) < 4.78 is 6.72. The second-order valence-electron chi connectivity index (χ2n) is 6.51. The molecule has 0 aliphatic heterocycles. The van der Waals surface area contributed by atoms with Gasteiger partial charge in [0.1, 0.15) is 5.69 Å². The normalized spacial score (nSPS) is 10.9. The summed E-state index contributed by atoms with van der Waals surface area (Å²) in [6.45, 7) is 4.12. The standard InChI is InChI=1S/C22H21N3O3/c1-16-8-10-20(17(2)12-16)21(26)15-28-22(27)11-9-19-14-25(24-23-19)13-18-6-4-3-5-7-18/h3-12,14H,13,15H2,1-2H3/b11-9+. The number of carbonyl (C=O) groups excluding carboxylic acids is 2. The van der Waals surface area contributed by atoms with E-state index in [1.54, 1.807) is 16.9 Å². The van der Waals surface area contributed by atoms with Gasteiger partial charge in [0.25, 0.3) is 0 Å². The van der Waals surface area contributed by atoms with Crippen LogP contribution >= 0.6 is 0 Å². The van der Waals surface area contributed by atoms with E-state index in [2.05, 4.69) is 10.3 Å². The number of hydrogen-bond acceptors (Lipinski definition) is 5. The van der Waals surface area contributed by atoms with Crippen molar-refractivity contribution in [2.45, 2.75) is 20.4 Å². The molecule has 2 aromatic carbocycles. The number of ketones is 1. The molecule has 28 heavy (non-hydrogen) atoms. The Kier molecular flexibility index (Phi) is 6.11. The molecule has 0 atom stereocenters. The van der Waals surface area contributed by atoms with Crippen molar-refractivity contribution in [3.05, 3.63) is 88.8 Å². The average molecular weight is 375 g/mol. The fourth-order valence-corrected chi connectivity index (χ4v) is 2.78. The second-order valence-corrected chi connectivity index (χ2v) is 6.51. The Bertz CT molecular complexity index is 1010. The van der Waals surface area contributed by atoms with Gasteiger partial charge in [-0.05, 0) is 31.1 Å². The molecule has 0 bridgehead atoms. The van der Waals surface area contributed by atoms with E-state index in [-0.39, 0.29) is 12.4 Å². The van der Waals surface area contributed by atoms with E-state index < -0.39 is 5.97 Å². The number of Topliss-reactive ketones (excluding diaryl/α,β-unsaturated/α-hetero) is 1. The van der Waals surface area contributed by atoms with E-state index in [1.807, 2.05) is 56.3 Å². The first-order valence-electron chi connectivity index (χ1n) is 8.90. The van der Waals surface area contributed by atoms with Gasteiger partial charge < -0.3 is 4.74 Å². The highest BCUT2D eigenvalue weighted by Gasteiger charge is 2.11. The van der Waals surface area contributed by atoms with Gasteiger partial charge in [0.05, 0.1) is 12.7 Å². The van der Waals surface area contributed by atoms with Crippen LogP contribution in [-0.4, -0.2) is 33.4 Å². The molecule has 0 unspecified atom stereocenters. The Labute approximate surface area is 163 Å². The number of benzene rings is 2. The summed E-state index contributed by atoms with van der Waals surface area (Å²) in [5.41, 5.74) is 4.15. The van der Waals surface area contributed by atoms with E-state index in [4.69, 9.17) is 4.74 Å². The highest BCUT2D eigenvalue weighted by atomic mass is 16.5. The molecule has 0 N–H and O–H groups in total.